The van der Waals surface area contributed by atoms with Gasteiger partial charge in [0.05, 0.1) is 0 Å². The van der Waals surface area contributed by atoms with E-state index < -0.39 is 18.9 Å². The van der Waals surface area contributed by atoms with Crippen molar-refractivity contribution in [3.05, 3.63) is 28.8 Å². The highest BCUT2D eigenvalue weighted by Gasteiger charge is 2.38. The Labute approximate surface area is 114 Å². The Morgan fingerprint density at radius 1 is 1.42 bits per heavy atom. The van der Waals surface area contributed by atoms with E-state index in [1.165, 1.54) is 6.07 Å². The van der Waals surface area contributed by atoms with Gasteiger partial charge in [0.15, 0.2) is 6.10 Å². The lowest BCUT2D eigenvalue weighted by Crippen LogP contribution is -2.34. The molecule has 0 aromatic heterocycles. The van der Waals surface area contributed by atoms with Gasteiger partial charge in [0.1, 0.15) is 12.4 Å². The molecule has 19 heavy (non-hydrogen) atoms. The van der Waals surface area contributed by atoms with E-state index in [9.17, 15) is 13.2 Å². The molecular weight excluding hydrogens is 283 g/mol. The summed E-state index contributed by atoms with van der Waals surface area (Å²) in [5.41, 5.74) is 0.570. The number of aliphatic hydroxyl groups excluding tert-OH is 1. The van der Waals surface area contributed by atoms with Gasteiger partial charge in [-0.3, -0.25) is 0 Å². The van der Waals surface area contributed by atoms with Crippen LogP contribution in [0, 0.1) is 0 Å². The van der Waals surface area contributed by atoms with Crippen molar-refractivity contribution in [2.45, 2.75) is 25.7 Å². The molecule has 0 spiro atoms. The fourth-order valence-electron chi connectivity index (χ4n) is 1.36. The molecule has 0 heterocycles. The van der Waals surface area contributed by atoms with Gasteiger partial charge in [0.25, 0.3) is 0 Å². The zero-order valence-corrected chi connectivity index (χ0v) is 11.1. The fourth-order valence-corrected chi connectivity index (χ4v) is 1.59. The van der Waals surface area contributed by atoms with E-state index >= 15 is 0 Å². The van der Waals surface area contributed by atoms with Crippen LogP contribution in [0.15, 0.2) is 18.2 Å². The third-order valence-corrected chi connectivity index (χ3v) is 2.76. The van der Waals surface area contributed by atoms with Crippen LogP contribution in [0.1, 0.15) is 12.5 Å². The Morgan fingerprint density at radius 3 is 2.68 bits per heavy atom. The molecule has 0 amide bonds. The second-order valence-corrected chi connectivity index (χ2v) is 4.27. The van der Waals surface area contributed by atoms with Gasteiger partial charge >= 0.3 is 6.18 Å². The highest BCUT2D eigenvalue weighted by Crippen LogP contribution is 2.27. The highest BCUT2D eigenvalue weighted by atomic mass is 35.5. The summed E-state index contributed by atoms with van der Waals surface area (Å²) in [6.45, 7) is 2.11. The number of ether oxygens (including phenoxy) is 1. The zero-order chi connectivity index (χ0) is 14.5. The number of hydrogen-bond acceptors (Lipinski definition) is 3. The minimum Gasteiger partial charge on any atom is -0.490 e. The van der Waals surface area contributed by atoms with Crippen LogP contribution in [0.25, 0.3) is 0 Å². The molecule has 0 saturated carbocycles. The van der Waals surface area contributed by atoms with E-state index in [-0.39, 0.29) is 5.75 Å². The van der Waals surface area contributed by atoms with Crippen LogP contribution in [-0.4, -0.2) is 30.5 Å². The fraction of sp³-hybridized carbons (Fsp3) is 0.500. The van der Waals surface area contributed by atoms with Crippen LogP contribution in [0.5, 0.6) is 5.75 Å². The number of halogens is 4. The molecule has 3 nitrogen and oxygen atoms in total. The third kappa shape index (κ3) is 4.89. The number of hydrogen-bond donors (Lipinski definition) is 2. The molecule has 0 saturated heterocycles. The Hall–Kier alpha value is -0.980. The number of benzene rings is 1. The Kier molecular flexibility index (Phi) is 5.90. The molecule has 0 radical (unpaired) electrons. The lowest BCUT2D eigenvalue weighted by Gasteiger charge is -2.17. The minimum atomic E-state index is -4.69. The van der Waals surface area contributed by atoms with E-state index in [0.29, 0.717) is 23.7 Å². The molecule has 1 aromatic carbocycles. The standard InChI is InChI=1S/C12H15ClF3NO2/c1-2-17-6-8-9(13)4-3-5-10(8)19-7-11(18)12(14,15)16/h3-5,11,17-18H,2,6-7H2,1H3. The van der Waals surface area contributed by atoms with Gasteiger partial charge in [0, 0.05) is 17.1 Å². The lowest BCUT2D eigenvalue weighted by atomic mass is 10.2. The molecule has 1 aromatic rings. The summed E-state index contributed by atoms with van der Waals surface area (Å²) in [5.74, 6) is 0.233. The topological polar surface area (TPSA) is 41.5 Å². The molecule has 7 heteroatoms. The second kappa shape index (κ2) is 6.98. The van der Waals surface area contributed by atoms with Gasteiger partial charge < -0.3 is 15.2 Å². The van der Waals surface area contributed by atoms with Gasteiger partial charge in [-0.25, -0.2) is 0 Å². The van der Waals surface area contributed by atoms with E-state index in [0.717, 1.165) is 0 Å². The van der Waals surface area contributed by atoms with Crippen LogP contribution >= 0.6 is 11.6 Å². The molecule has 0 aliphatic rings. The summed E-state index contributed by atoms with van der Waals surface area (Å²) in [5, 5.41) is 12.3. The van der Waals surface area contributed by atoms with E-state index in [4.69, 9.17) is 21.4 Å². The first-order valence-corrected chi connectivity index (χ1v) is 6.09. The first-order chi connectivity index (χ1) is 8.86. The molecular formula is C12H15ClF3NO2. The predicted octanol–water partition coefficient (Wildman–Crippen LogP) is 2.75. The van der Waals surface area contributed by atoms with Crippen molar-refractivity contribution < 1.29 is 23.0 Å². The van der Waals surface area contributed by atoms with Gasteiger partial charge in [-0.1, -0.05) is 24.6 Å². The van der Waals surface area contributed by atoms with Gasteiger partial charge in [-0.15, -0.1) is 0 Å². The summed E-state index contributed by atoms with van der Waals surface area (Å²) in [6.07, 6.45) is -7.21. The van der Waals surface area contributed by atoms with Crippen molar-refractivity contribution in [2.75, 3.05) is 13.2 Å². The van der Waals surface area contributed by atoms with Gasteiger partial charge in [-0.05, 0) is 18.7 Å². The number of nitrogens with one attached hydrogen (secondary N) is 1. The molecule has 0 aliphatic heterocycles. The van der Waals surface area contributed by atoms with Crippen LogP contribution < -0.4 is 10.1 Å². The first kappa shape index (κ1) is 16.1. The highest BCUT2D eigenvalue weighted by molar-refractivity contribution is 6.31. The summed E-state index contributed by atoms with van der Waals surface area (Å²) in [6, 6.07) is 4.72. The number of aliphatic hydroxyl groups is 1. The minimum absolute atomic E-state index is 0.233. The lowest BCUT2D eigenvalue weighted by molar-refractivity contribution is -0.210. The van der Waals surface area contributed by atoms with Crippen molar-refractivity contribution in [1.29, 1.82) is 0 Å². The maximum Gasteiger partial charge on any atom is 0.417 e. The van der Waals surface area contributed by atoms with Crippen LogP contribution in [0.3, 0.4) is 0 Å². The average Bonchev–Trinajstić information content (AvgIpc) is 2.33. The van der Waals surface area contributed by atoms with Crippen molar-refractivity contribution in [2.24, 2.45) is 0 Å². The molecule has 1 unspecified atom stereocenters. The van der Waals surface area contributed by atoms with Crippen molar-refractivity contribution >= 4 is 11.6 Å². The summed E-state index contributed by atoms with van der Waals surface area (Å²) in [7, 11) is 0. The van der Waals surface area contributed by atoms with Gasteiger partial charge in [-0.2, -0.15) is 13.2 Å². The van der Waals surface area contributed by atoms with Crippen LogP contribution in [0.4, 0.5) is 13.2 Å². The molecule has 108 valence electrons. The Balaban J connectivity index is 2.75. The normalized spacial score (nSPS) is 13.4. The Morgan fingerprint density at radius 2 is 2.11 bits per heavy atom. The average molecular weight is 298 g/mol. The largest absolute Gasteiger partial charge is 0.490 e. The molecule has 0 fully saturated rings. The smallest absolute Gasteiger partial charge is 0.417 e. The number of alkyl halides is 3. The predicted molar refractivity (Wildman–Crippen MR) is 66.4 cm³/mol. The Bertz CT molecular complexity index is 412. The maximum absolute atomic E-state index is 12.2. The first-order valence-electron chi connectivity index (χ1n) is 5.72. The zero-order valence-electron chi connectivity index (χ0n) is 10.3. The summed E-state index contributed by atoms with van der Waals surface area (Å²) in [4.78, 5) is 0. The SMILES string of the molecule is CCNCc1c(Cl)cccc1OCC(O)C(F)(F)F. The quantitative estimate of drug-likeness (QED) is 0.848. The van der Waals surface area contributed by atoms with Crippen molar-refractivity contribution in [3.63, 3.8) is 0 Å². The number of rotatable bonds is 6. The monoisotopic (exact) mass is 297 g/mol. The van der Waals surface area contributed by atoms with Crippen molar-refractivity contribution in [3.8, 4) is 5.75 Å². The summed E-state index contributed by atoms with van der Waals surface area (Å²) < 4.78 is 41.5. The maximum atomic E-state index is 12.2. The second-order valence-electron chi connectivity index (χ2n) is 3.87. The molecule has 1 rings (SSSR count). The molecule has 1 atom stereocenters. The molecule has 2 N–H and O–H groups in total. The van der Waals surface area contributed by atoms with Crippen molar-refractivity contribution in [1.82, 2.24) is 5.32 Å². The van der Waals surface area contributed by atoms with Crippen LogP contribution in [-0.2, 0) is 6.54 Å². The molecule has 0 aliphatic carbocycles. The van der Waals surface area contributed by atoms with E-state index in [1.54, 1.807) is 12.1 Å². The van der Waals surface area contributed by atoms with E-state index in [2.05, 4.69) is 5.32 Å². The van der Waals surface area contributed by atoms with Gasteiger partial charge in [0.2, 0.25) is 0 Å². The third-order valence-electron chi connectivity index (χ3n) is 2.40. The summed E-state index contributed by atoms with van der Waals surface area (Å²) >= 11 is 5.97. The van der Waals surface area contributed by atoms with E-state index in [1.807, 2.05) is 6.92 Å². The molecule has 0 bridgehead atoms. The van der Waals surface area contributed by atoms with Crippen LogP contribution in [0.2, 0.25) is 5.02 Å².